The van der Waals surface area contributed by atoms with Crippen LogP contribution in [0.1, 0.15) is 35.3 Å². The summed E-state index contributed by atoms with van der Waals surface area (Å²) in [6.45, 7) is 6.41. The van der Waals surface area contributed by atoms with E-state index >= 15 is 0 Å². The number of nitrogen functional groups attached to an aromatic ring is 1. The maximum Gasteiger partial charge on any atom is 0.202 e. The molecule has 1 unspecified atom stereocenters. The van der Waals surface area contributed by atoms with Crippen LogP contribution in [0.15, 0.2) is 12.1 Å². The maximum absolute atomic E-state index is 6.16. The van der Waals surface area contributed by atoms with Crippen LogP contribution in [0.4, 0.5) is 5.95 Å². The molecule has 3 aromatic rings. The zero-order valence-electron chi connectivity index (χ0n) is 12.9. The highest BCUT2D eigenvalue weighted by Crippen LogP contribution is 2.28. The summed E-state index contributed by atoms with van der Waals surface area (Å²) in [5.74, 6) is 0.577. The number of nitrogens with zero attached hydrogens (tertiary/aromatic N) is 4. The van der Waals surface area contributed by atoms with E-state index in [2.05, 4.69) is 47.6 Å². The first-order valence-electron chi connectivity index (χ1n) is 7.25. The van der Waals surface area contributed by atoms with Crippen LogP contribution in [0.2, 0.25) is 0 Å². The van der Waals surface area contributed by atoms with E-state index in [9.17, 15) is 0 Å². The first-order chi connectivity index (χ1) is 10.0. The lowest BCUT2D eigenvalue weighted by Gasteiger charge is -2.15. The summed E-state index contributed by atoms with van der Waals surface area (Å²) < 4.78 is 4.00. The molecular formula is C15H21N5S. The Hall–Kier alpha value is -1.82. The molecule has 0 radical (unpaired) electrons. The summed E-state index contributed by atoms with van der Waals surface area (Å²) in [7, 11) is 1.96. The lowest BCUT2D eigenvalue weighted by Crippen LogP contribution is -2.13. The number of rotatable bonds is 4. The first kappa shape index (κ1) is 14.1. The van der Waals surface area contributed by atoms with Gasteiger partial charge in [-0.05, 0) is 32.4 Å². The molecule has 0 aliphatic heterocycles. The number of nitrogens with two attached hydrogens (primary N) is 1. The second-order valence-corrected chi connectivity index (χ2v) is 6.87. The van der Waals surface area contributed by atoms with Gasteiger partial charge in [-0.3, -0.25) is 9.25 Å². The summed E-state index contributed by atoms with van der Waals surface area (Å²) in [5, 5.41) is 4.54. The lowest BCUT2D eigenvalue weighted by atomic mass is 10.2. The van der Waals surface area contributed by atoms with Crippen LogP contribution in [0, 0.1) is 6.92 Å². The van der Waals surface area contributed by atoms with Gasteiger partial charge < -0.3 is 5.73 Å². The number of aromatic nitrogens is 4. The van der Waals surface area contributed by atoms with Gasteiger partial charge in [-0.15, -0.1) is 11.3 Å². The van der Waals surface area contributed by atoms with Crippen LogP contribution in [0.5, 0.6) is 0 Å². The number of hydrogen-bond donors (Lipinski definition) is 1. The van der Waals surface area contributed by atoms with E-state index in [1.807, 2.05) is 23.1 Å². The minimum atomic E-state index is 0.258. The summed E-state index contributed by atoms with van der Waals surface area (Å²) in [5.41, 5.74) is 9.13. The van der Waals surface area contributed by atoms with Gasteiger partial charge in [0, 0.05) is 29.3 Å². The van der Waals surface area contributed by atoms with Gasteiger partial charge in [-0.25, -0.2) is 4.98 Å². The molecule has 0 saturated heterocycles. The third-order valence-electron chi connectivity index (χ3n) is 3.83. The van der Waals surface area contributed by atoms with Crippen LogP contribution in [0.3, 0.4) is 0 Å². The standard InChI is InChI=1S/C15H21N5S/c1-5-12-13-14(19(4)18-12)20(15(16)17-13)9(2)8-11-7-6-10(3)21-11/h6-7,9H,5,8H2,1-4H3,(H2,16,17). The molecule has 3 heterocycles. The average molecular weight is 303 g/mol. The van der Waals surface area contributed by atoms with E-state index in [4.69, 9.17) is 5.73 Å². The molecule has 0 aliphatic rings. The van der Waals surface area contributed by atoms with E-state index in [-0.39, 0.29) is 6.04 Å². The monoisotopic (exact) mass is 303 g/mol. The normalized spacial score (nSPS) is 13.1. The van der Waals surface area contributed by atoms with Crippen molar-refractivity contribution in [2.45, 2.75) is 39.7 Å². The molecule has 112 valence electrons. The lowest BCUT2D eigenvalue weighted by molar-refractivity contribution is 0.555. The predicted octanol–water partition coefficient (Wildman–Crippen LogP) is 3.09. The van der Waals surface area contributed by atoms with Gasteiger partial charge >= 0.3 is 0 Å². The highest BCUT2D eigenvalue weighted by Gasteiger charge is 2.20. The Morgan fingerprint density at radius 1 is 1.38 bits per heavy atom. The molecule has 5 nitrogen and oxygen atoms in total. The molecular weight excluding hydrogens is 282 g/mol. The van der Waals surface area contributed by atoms with Crippen LogP contribution < -0.4 is 5.73 Å². The van der Waals surface area contributed by atoms with E-state index in [1.54, 1.807) is 0 Å². The molecule has 3 aromatic heterocycles. The van der Waals surface area contributed by atoms with Crippen LogP contribution in [-0.2, 0) is 19.9 Å². The summed E-state index contributed by atoms with van der Waals surface area (Å²) >= 11 is 1.84. The smallest absolute Gasteiger partial charge is 0.202 e. The topological polar surface area (TPSA) is 61.7 Å². The molecule has 0 aromatic carbocycles. The Bertz CT molecular complexity index is 780. The number of thiophene rings is 1. The number of anilines is 1. The van der Waals surface area contributed by atoms with Gasteiger partial charge in [-0.2, -0.15) is 5.10 Å². The summed E-state index contributed by atoms with van der Waals surface area (Å²) in [6.07, 6.45) is 1.83. The van der Waals surface area contributed by atoms with Gasteiger partial charge in [0.1, 0.15) is 5.52 Å². The molecule has 0 spiro atoms. The van der Waals surface area contributed by atoms with Gasteiger partial charge in [-0.1, -0.05) is 6.92 Å². The largest absolute Gasteiger partial charge is 0.369 e. The Morgan fingerprint density at radius 3 is 2.76 bits per heavy atom. The Morgan fingerprint density at radius 2 is 2.14 bits per heavy atom. The van der Waals surface area contributed by atoms with Crippen molar-refractivity contribution in [1.29, 1.82) is 0 Å². The van der Waals surface area contributed by atoms with Crippen molar-refractivity contribution in [3.8, 4) is 0 Å². The van der Waals surface area contributed by atoms with Crippen molar-refractivity contribution in [3.63, 3.8) is 0 Å². The maximum atomic E-state index is 6.16. The minimum absolute atomic E-state index is 0.258. The van der Waals surface area contributed by atoms with Crippen LogP contribution in [-0.4, -0.2) is 19.3 Å². The molecule has 6 heteroatoms. The fourth-order valence-electron chi connectivity index (χ4n) is 2.87. The SMILES string of the molecule is CCc1nn(C)c2c1nc(N)n2C(C)Cc1ccc(C)s1. The second kappa shape index (κ2) is 5.18. The zero-order valence-corrected chi connectivity index (χ0v) is 13.7. The van der Waals surface area contributed by atoms with Gasteiger partial charge in [0.15, 0.2) is 5.65 Å². The van der Waals surface area contributed by atoms with Crippen LogP contribution >= 0.6 is 11.3 Å². The second-order valence-electron chi connectivity index (χ2n) is 5.50. The molecule has 2 N–H and O–H groups in total. The van der Waals surface area contributed by atoms with E-state index in [0.29, 0.717) is 5.95 Å². The van der Waals surface area contributed by atoms with Crippen molar-refractivity contribution >= 4 is 28.4 Å². The van der Waals surface area contributed by atoms with Gasteiger partial charge in [0.25, 0.3) is 0 Å². The van der Waals surface area contributed by atoms with Gasteiger partial charge in [0.05, 0.1) is 5.69 Å². The number of aryl methyl sites for hydroxylation is 3. The molecule has 0 saturated carbocycles. The highest BCUT2D eigenvalue weighted by atomic mass is 32.1. The fraction of sp³-hybridized carbons (Fsp3) is 0.467. The third kappa shape index (κ3) is 2.33. The zero-order chi connectivity index (χ0) is 15.1. The Kier molecular flexibility index (Phi) is 3.49. The number of imidazole rings is 1. The average Bonchev–Trinajstić information content (AvgIpc) is 3.06. The highest BCUT2D eigenvalue weighted by molar-refractivity contribution is 7.11. The fourth-order valence-corrected chi connectivity index (χ4v) is 3.88. The Balaban J connectivity index is 2.02. The van der Waals surface area contributed by atoms with Crippen molar-refractivity contribution in [3.05, 3.63) is 27.6 Å². The van der Waals surface area contributed by atoms with Crippen molar-refractivity contribution in [1.82, 2.24) is 19.3 Å². The minimum Gasteiger partial charge on any atom is -0.369 e. The number of fused-ring (bicyclic) bond motifs is 1. The molecule has 0 aliphatic carbocycles. The van der Waals surface area contributed by atoms with E-state index < -0.39 is 0 Å². The number of hydrogen-bond acceptors (Lipinski definition) is 4. The van der Waals surface area contributed by atoms with Crippen molar-refractivity contribution < 1.29 is 0 Å². The molecule has 0 bridgehead atoms. The van der Waals surface area contributed by atoms with Gasteiger partial charge in [0.2, 0.25) is 5.95 Å². The quantitative estimate of drug-likeness (QED) is 0.805. The summed E-state index contributed by atoms with van der Waals surface area (Å²) in [6, 6.07) is 4.62. The third-order valence-corrected chi connectivity index (χ3v) is 4.86. The van der Waals surface area contributed by atoms with E-state index in [0.717, 1.165) is 29.7 Å². The first-order valence-corrected chi connectivity index (χ1v) is 8.07. The van der Waals surface area contributed by atoms with E-state index in [1.165, 1.54) is 9.75 Å². The molecule has 0 amide bonds. The Labute approximate surface area is 128 Å². The van der Waals surface area contributed by atoms with Crippen molar-refractivity contribution in [2.75, 3.05) is 5.73 Å². The molecule has 3 rings (SSSR count). The molecule has 21 heavy (non-hydrogen) atoms. The predicted molar refractivity (Wildman–Crippen MR) is 87.8 cm³/mol. The van der Waals surface area contributed by atoms with Crippen LogP contribution in [0.25, 0.3) is 11.2 Å². The van der Waals surface area contributed by atoms with Crippen molar-refractivity contribution in [2.24, 2.45) is 7.05 Å². The summed E-state index contributed by atoms with van der Waals surface area (Å²) in [4.78, 5) is 7.25. The molecule has 0 fully saturated rings. The molecule has 1 atom stereocenters.